The molecule has 0 spiro atoms. The fourth-order valence-corrected chi connectivity index (χ4v) is 2.64. The Morgan fingerprint density at radius 1 is 1.29 bits per heavy atom. The topological polar surface area (TPSA) is 27.7 Å². The van der Waals surface area contributed by atoms with Crippen LogP contribution in [0.1, 0.15) is 20.3 Å². The maximum Gasteiger partial charge on any atom is 0.0726 e. The Morgan fingerprint density at radius 3 is 2.59 bits per heavy atom. The Kier molecular flexibility index (Phi) is 4.42. The molecule has 0 aliphatic carbocycles. The van der Waals surface area contributed by atoms with E-state index < -0.39 is 0 Å². The smallest absolute Gasteiger partial charge is 0.0726 e. The van der Waals surface area contributed by atoms with Crippen LogP contribution in [0.25, 0.3) is 0 Å². The van der Waals surface area contributed by atoms with Crippen molar-refractivity contribution in [2.24, 2.45) is 0 Å². The van der Waals surface area contributed by atoms with Gasteiger partial charge in [-0.05, 0) is 27.3 Å². The largest absolute Gasteiger partial charge is 0.377 e. The molecule has 4 nitrogen and oxygen atoms in total. The molecule has 2 fully saturated rings. The summed E-state index contributed by atoms with van der Waals surface area (Å²) in [5.74, 6) is 0. The molecule has 2 rings (SSSR count). The normalized spacial score (nSPS) is 36.5. The Bertz CT molecular complexity index is 241. The van der Waals surface area contributed by atoms with E-state index in [1.54, 1.807) is 0 Å². The Hall–Kier alpha value is -0.160. The quantitative estimate of drug-likeness (QED) is 0.771. The van der Waals surface area contributed by atoms with Crippen molar-refractivity contribution < 1.29 is 4.74 Å². The predicted octanol–water partition coefficient (Wildman–Crippen LogP) is 0.391. The van der Waals surface area contributed by atoms with E-state index in [-0.39, 0.29) is 5.54 Å². The van der Waals surface area contributed by atoms with Crippen molar-refractivity contribution in [2.45, 2.75) is 31.9 Å². The summed E-state index contributed by atoms with van der Waals surface area (Å²) in [7, 11) is 2.20. The average molecular weight is 241 g/mol. The van der Waals surface area contributed by atoms with Gasteiger partial charge in [0.25, 0.3) is 0 Å². The second-order valence-corrected chi connectivity index (χ2v) is 5.75. The fourth-order valence-electron chi connectivity index (χ4n) is 2.64. The summed E-state index contributed by atoms with van der Waals surface area (Å²) in [5, 5.41) is 3.69. The van der Waals surface area contributed by atoms with E-state index in [4.69, 9.17) is 4.74 Å². The van der Waals surface area contributed by atoms with E-state index in [1.807, 2.05) is 0 Å². The SMILES string of the molecule is CC1OCCC1(C)NCCN1CCN(C)CC1. The van der Waals surface area contributed by atoms with E-state index >= 15 is 0 Å². The van der Waals surface area contributed by atoms with Crippen LogP contribution < -0.4 is 5.32 Å². The third kappa shape index (κ3) is 3.41. The van der Waals surface area contributed by atoms with E-state index in [9.17, 15) is 0 Å². The molecule has 1 N–H and O–H groups in total. The van der Waals surface area contributed by atoms with Gasteiger partial charge >= 0.3 is 0 Å². The molecule has 2 aliphatic rings. The molecule has 2 unspecified atom stereocenters. The molecule has 0 amide bonds. The third-order valence-corrected chi connectivity index (χ3v) is 4.44. The van der Waals surface area contributed by atoms with E-state index in [1.165, 1.54) is 26.2 Å². The zero-order valence-electron chi connectivity index (χ0n) is 11.5. The van der Waals surface area contributed by atoms with Crippen LogP contribution in [0.4, 0.5) is 0 Å². The van der Waals surface area contributed by atoms with Gasteiger partial charge < -0.3 is 15.0 Å². The minimum absolute atomic E-state index is 0.187. The van der Waals surface area contributed by atoms with E-state index in [0.717, 1.165) is 26.1 Å². The van der Waals surface area contributed by atoms with Crippen molar-refractivity contribution >= 4 is 0 Å². The van der Waals surface area contributed by atoms with Crippen LogP contribution in [-0.2, 0) is 4.74 Å². The van der Waals surface area contributed by atoms with Crippen LogP contribution in [0.15, 0.2) is 0 Å². The summed E-state index contributed by atoms with van der Waals surface area (Å²) >= 11 is 0. The number of ether oxygens (including phenoxy) is 1. The molecular formula is C13H27N3O. The molecule has 100 valence electrons. The highest BCUT2D eigenvalue weighted by Gasteiger charge is 2.36. The minimum Gasteiger partial charge on any atom is -0.377 e. The molecule has 17 heavy (non-hydrogen) atoms. The lowest BCUT2D eigenvalue weighted by Gasteiger charge is -2.34. The molecule has 0 radical (unpaired) electrons. The maximum atomic E-state index is 5.64. The molecule has 2 atom stereocenters. The highest BCUT2D eigenvalue weighted by molar-refractivity contribution is 4.93. The Morgan fingerprint density at radius 2 is 2.00 bits per heavy atom. The van der Waals surface area contributed by atoms with Crippen LogP contribution in [-0.4, -0.2) is 74.4 Å². The van der Waals surface area contributed by atoms with Gasteiger partial charge in [-0.1, -0.05) is 0 Å². The highest BCUT2D eigenvalue weighted by atomic mass is 16.5. The van der Waals surface area contributed by atoms with Gasteiger partial charge in [0.05, 0.1) is 6.10 Å². The second-order valence-electron chi connectivity index (χ2n) is 5.75. The third-order valence-electron chi connectivity index (χ3n) is 4.44. The van der Waals surface area contributed by atoms with Crippen molar-refractivity contribution in [3.8, 4) is 0 Å². The Balaban J connectivity index is 1.66. The summed E-state index contributed by atoms with van der Waals surface area (Å²) in [6.07, 6.45) is 1.48. The van der Waals surface area contributed by atoms with E-state index in [0.29, 0.717) is 6.10 Å². The van der Waals surface area contributed by atoms with Crippen LogP contribution in [0.5, 0.6) is 0 Å². The lowest BCUT2D eigenvalue weighted by atomic mass is 9.95. The summed E-state index contributed by atoms with van der Waals surface area (Å²) < 4.78 is 5.64. The van der Waals surface area contributed by atoms with Gasteiger partial charge in [0.15, 0.2) is 0 Å². The molecule has 0 aromatic carbocycles. The molecule has 4 heteroatoms. The summed E-state index contributed by atoms with van der Waals surface area (Å²) in [4.78, 5) is 4.95. The predicted molar refractivity (Wildman–Crippen MR) is 70.4 cm³/mol. The molecule has 2 heterocycles. The van der Waals surface area contributed by atoms with Crippen molar-refractivity contribution in [1.29, 1.82) is 0 Å². The molecule has 0 aromatic rings. The summed E-state index contributed by atoms with van der Waals surface area (Å²) in [6.45, 7) is 12.4. The molecule has 0 bridgehead atoms. The zero-order valence-corrected chi connectivity index (χ0v) is 11.5. The fraction of sp³-hybridized carbons (Fsp3) is 1.00. The molecule has 0 saturated carbocycles. The van der Waals surface area contributed by atoms with Crippen molar-refractivity contribution in [3.63, 3.8) is 0 Å². The standard InChI is InChI=1S/C13H27N3O/c1-12-13(2,4-11-17-12)14-5-6-16-9-7-15(3)8-10-16/h12,14H,4-11H2,1-3H3. The molecular weight excluding hydrogens is 214 g/mol. The van der Waals surface area contributed by atoms with Crippen LogP contribution in [0, 0.1) is 0 Å². The Labute approximate surface area is 105 Å². The first kappa shape index (κ1) is 13.3. The minimum atomic E-state index is 0.187. The first-order valence-corrected chi connectivity index (χ1v) is 6.88. The summed E-state index contributed by atoms with van der Waals surface area (Å²) in [5.41, 5.74) is 0.187. The first-order valence-electron chi connectivity index (χ1n) is 6.88. The van der Waals surface area contributed by atoms with Crippen LogP contribution >= 0.6 is 0 Å². The van der Waals surface area contributed by atoms with Crippen molar-refractivity contribution in [1.82, 2.24) is 15.1 Å². The number of hydrogen-bond acceptors (Lipinski definition) is 4. The maximum absolute atomic E-state index is 5.64. The number of likely N-dealkylation sites (N-methyl/N-ethyl adjacent to an activating group) is 1. The average Bonchev–Trinajstić information content (AvgIpc) is 2.63. The van der Waals surface area contributed by atoms with Crippen LogP contribution in [0.3, 0.4) is 0 Å². The van der Waals surface area contributed by atoms with Gasteiger partial charge in [0, 0.05) is 51.4 Å². The number of rotatable bonds is 4. The number of nitrogens with zero attached hydrogens (tertiary/aromatic N) is 2. The van der Waals surface area contributed by atoms with E-state index in [2.05, 4.69) is 36.0 Å². The monoisotopic (exact) mass is 241 g/mol. The van der Waals surface area contributed by atoms with Gasteiger partial charge in [-0.2, -0.15) is 0 Å². The van der Waals surface area contributed by atoms with Gasteiger partial charge in [-0.15, -0.1) is 0 Å². The number of piperazine rings is 1. The first-order chi connectivity index (χ1) is 8.10. The highest BCUT2D eigenvalue weighted by Crippen LogP contribution is 2.24. The number of hydrogen-bond donors (Lipinski definition) is 1. The lowest BCUT2D eigenvalue weighted by Crippen LogP contribution is -2.52. The van der Waals surface area contributed by atoms with Gasteiger partial charge in [-0.3, -0.25) is 4.90 Å². The number of nitrogens with one attached hydrogen (secondary N) is 1. The van der Waals surface area contributed by atoms with Crippen molar-refractivity contribution in [3.05, 3.63) is 0 Å². The zero-order chi connectivity index (χ0) is 12.3. The lowest BCUT2D eigenvalue weighted by molar-refractivity contribution is 0.0858. The van der Waals surface area contributed by atoms with Crippen LogP contribution in [0.2, 0.25) is 0 Å². The summed E-state index contributed by atoms with van der Waals surface area (Å²) in [6, 6.07) is 0. The van der Waals surface area contributed by atoms with Crippen molar-refractivity contribution in [2.75, 3.05) is 52.9 Å². The second kappa shape index (κ2) is 5.65. The molecule has 2 saturated heterocycles. The molecule has 2 aliphatic heterocycles. The molecule has 0 aromatic heterocycles. The van der Waals surface area contributed by atoms with Gasteiger partial charge in [-0.25, -0.2) is 0 Å². The van der Waals surface area contributed by atoms with Gasteiger partial charge in [0.1, 0.15) is 0 Å². The van der Waals surface area contributed by atoms with Gasteiger partial charge in [0.2, 0.25) is 0 Å².